The summed E-state index contributed by atoms with van der Waals surface area (Å²) >= 11 is 0. The van der Waals surface area contributed by atoms with Gasteiger partial charge in [-0.15, -0.1) is 0 Å². The summed E-state index contributed by atoms with van der Waals surface area (Å²) in [7, 11) is 0. The molecule has 0 spiro atoms. The Balaban J connectivity index is 1.16. The van der Waals surface area contributed by atoms with Crippen LogP contribution in [-0.2, 0) is 5.41 Å². The number of benzene rings is 7. The fourth-order valence-corrected chi connectivity index (χ4v) is 7.11. The van der Waals surface area contributed by atoms with Crippen LogP contribution in [0.15, 0.2) is 194 Å². The van der Waals surface area contributed by atoms with E-state index >= 15 is 0 Å². The predicted octanol–water partition coefficient (Wildman–Crippen LogP) is 11.5. The minimum absolute atomic E-state index is 0.358. The van der Waals surface area contributed by atoms with Crippen LogP contribution >= 0.6 is 0 Å². The Morgan fingerprint density at radius 3 is 1.54 bits per heavy atom. The van der Waals surface area contributed by atoms with Gasteiger partial charge in [0.05, 0.1) is 16.8 Å². The highest BCUT2D eigenvalue weighted by Gasteiger charge is 2.45. The second-order valence-electron chi connectivity index (χ2n) is 12.5. The molecule has 7 aromatic carbocycles. The SMILES string of the molecule is N=C(/C=C\C(=N)c1cccc(-c2cccc(-c3ccc4c(c3)Oc3ccccc3C4(c3ccccc3)c3ccccc3)c2)c1)c1ccccc1. The van der Waals surface area contributed by atoms with E-state index in [1.807, 2.05) is 54.6 Å². The molecule has 7 aromatic rings. The van der Waals surface area contributed by atoms with Crippen molar-refractivity contribution in [3.63, 3.8) is 0 Å². The first-order chi connectivity index (χ1) is 24.6. The largest absolute Gasteiger partial charge is 0.457 e. The van der Waals surface area contributed by atoms with Gasteiger partial charge in [0.25, 0.3) is 0 Å². The van der Waals surface area contributed by atoms with Crippen LogP contribution in [0.3, 0.4) is 0 Å². The summed E-state index contributed by atoms with van der Waals surface area (Å²) in [6, 6.07) is 62.6. The maximum atomic E-state index is 8.72. The van der Waals surface area contributed by atoms with Crippen molar-refractivity contribution in [3.05, 3.63) is 228 Å². The highest BCUT2D eigenvalue weighted by atomic mass is 16.5. The molecule has 0 saturated carbocycles. The summed E-state index contributed by atoms with van der Waals surface area (Å²) in [6.07, 6.45) is 3.38. The lowest BCUT2D eigenvalue weighted by molar-refractivity contribution is 0.435. The maximum absolute atomic E-state index is 8.72. The molecular weight excluding hydrogens is 609 g/mol. The molecule has 0 saturated heterocycles. The highest BCUT2D eigenvalue weighted by molar-refractivity contribution is 6.14. The summed E-state index contributed by atoms with van der Waals surface area (Å²) < 4.78 is 6.72. The minimum Gasteiger partial charge on any atom is -0.457 e. The molecule has 0 amide bonds. The second kappa shape index (κ2) is 13.1. The van der Waals surface area contributed by atoms with E-state index in [0.29, 0.717) is 11.4 Å². The van der Waals surface area contributed by atoms with E-state index in [1.165, 1.54) is 11.1 Å². The van der Waals surface area contributed by atoms with Gasteiger partial charge in [-0.3, -0.25) is 0 Å². The quantitative estimate of drug-likeness (QED) is 0.159. The van der Waals surface area contributed by atoms with E-state index in [9.17, 15) is 0 Å². The Kier molecular flexibility index (Phi) is 8.08. The maximum Gasteiger partial charge on any atom is 0.132 e. The van der Waals surface area contributed by atoms with Crippen molar-refractivity contribution < 1.29 is 4.74 Å². The lowest BCUT2D eigenvalue weighted by Gasteiger charge is -2.41. The summed E-state index contributed by atoms with van der Waals surface area (Å²) in [5.41, 5.74) is 10.6. The number of hydrogen-bond donors (Lipinski definition) is 2. The number of fused-ring (bicyclic) bond motifs is 2. The van der Waals surface area contributed by atoms with Crippen LogP contribution in [0.4, 0.5) is 0 Å². The number of allylic oxidation sites excluding steroid dienone is 2. The van der Waals surface area contributed by atoms with Crippen molar-refractivity contribution >= 4 is 11.4 Å². The third-order valence-electron chi connectivity index (χ3n) is 9.51. The van der Waals surface area contributed by atoms with Crippen molar-refractivity contribution in [1.82, 2.24) is 0 Å². The van der Waals surface area contributed by atoms with Gasteiger partial charge < -0.3 is 15.6 Å². The zero-order chi connectivity index (χ0) is 33.9. The molecule has 0 aliphatic carbocycles. The number of nitrogens with one attached hydrogen (secondary N) is 2. The van der Waals surface area contributed by atoms with Gasteiger partial charge in [0.2, 0.25) is 0 Å². The Morgan fingerprint density at radius 1 is 0.400 bits per heavy atom. The van der Waals surface area contributed by atoms with E-state index in [2.05, 4.69) is 127 Å². The molecule has 0 bridgehead atoms. The van der Waals surface area contributed by atoms with E-state index in [4.69, 9.17) is 15.6 Å². The fraction of sp³-hybridized carbons (Fsp3) is 0.0213. The van der Waals surface area contributed by atoms with Crippen LogP contribution in [0, 0.1) is 10.8 Å². The average Bonchev–Trinajstić information content (AvgIpc) is 3.19. The third kappa shape index (κ3) is 5.55. The van der Waals surface area contributed by atoms with E-state index in [0.717, 1.165) is 56.0 Å². The molecule has 0 atom stereocenters. The van der Waals surface area contributed by atoms with Gasteiger partial charge in [0, 0.05) is 11.1 Å². The first kappa shape index (κ1) is 30.7. The average molecular weight is 643 g/mol. The van der Waals surface area contributed by atoms with Gasteiger partial charge in [0.1, 0.15) is 11.5 Å². The molecule has 0 fully saturated rings. The monoisotopic (exact) mass is 642 g/mol. The molecule has 3 heteroatoms. The Hall–Kier alpha value is -6.58. The Bertz CT molecular complexity index is 2340. The normalized spacial score (nSPS) is 12.8. The molecule has 1 aliphatic rings. The highest BCUT2D eigenvalue weighted by Crippen LogP contribution is 2.55. The topological polar surface area (TPSA) is 56.9 Å². The van der Waals surface area contributed by atoms with Crippen molar-refractivity contribution in [2.24, 2.45) is 0 Å². The molecule has 0 aromatic heterocycles. The van der Waals surface area contributed by atoms with Crippen molar-refractivity contribution in [2.75, 3.05) is 0 Å². The fourth-order valence-electron chi connectivity index (χ4n) is 7.11. The number of para-hydroxylation sites is 1. The van der Waals surface area contributed by atoms with Crippen LogP contribution in [0.5, 0.6) is 11.5 Å². The molecule has 238 valence electrons. The molecule has 2 N–H and O–H groups in total. The van der Waals surface area contributed by atoms with Crippen LogP contribution in [0.2, 0.25) is 0 Å². The summed E-state index contributed by atoms with van der Waals surface area (Å²) in [4.78, 5) is 0. The molecular formula is C47H34N2O. The molecule has 3 nitrogen and oxygen atoms in total. The molecule has 0 unspecified atom stereocenters. The van der Waals surface area contributed by atoms with Gasteiger partial charge >= 0.3 is 0 Å². The Morgan fingerprint density at radius 2 is 0.880 bits per heavy atom. The molecule has 50 heavy (non-hydrogen) atoms. The summed E-state index contributed by atoms with van der Waals surface area (Å²) in [5, 5.41) is 17.1. The van der Waals surface area contributed by atoms with E-state index < -0.39 is 5.41 Å². The minimum atomic E-state index is -0.550. The first-order valence-corrected chi connectivity index (χ1v) is 16.8. The number of ether oxygens (including phenoxy) is 1. The lowest BCUT2D eigenvalue weighted by atomic mass is 9.63. The van der Waals surface area contributed by atoms with E-state index in [-0.39, 0.29) is 0 Å². The van der Waals surface area contributed by atoms with E-state index in [1.54, 1.807) is 12.2 Å². The number of rotatable bonds is 8. The van der Waals surface area contributed by atoms with Gasteiger partial charge in [0.15, 0.2) is 0 Å². The van der Waals surface area contributed by atoms with Crippen LogP contribution in [-0.4, -0.2) is 11.4 Å². The summed E-state index contributed by atoms with van der Waals surface area (Å²) in [6.45, 7) is 0. The van der Waals surface area contributed by atoms with Crippen LogP contribution in [0.1, 0.15) is 33.4 Å². The molecule has 8 rings (SSSR count). The van der Waals surface area contributed by atoms with Crippen LogP contribution in [0.25, 0.3) is 22.3 Å². The Labute approximate surface area is 292 Å². The predicted molar refractivity (Wildman–Crippen MR) is 205 cm³/mol. The molecule has 0 radical (unpaired) electrons. The zero-order valence-electron chi connectivity index (χ0n) is 27.4. The van der Waals surface area contributed by atoms with Crippen molar-refractivity contribution in [3.8, 4) is 33.8 Å². The third-order valence-corrected chi connectivity index (χ3v) is 9.51. The standard InChI is InChI=1S/C47H34N2O/c48-43(33-14-4-1-5-15-33)28-29-44(49)38-19-13-18-36(31-38)34-16-12-17-35(30-34)37-26-27-42-46(32-37)50-45-25-11-10-24-41(45)47(42,39-20-6-2-7-21-39)40-22-8-3-9-23-40/h1-32,48-49H/b29-28-,48-43?,49-44?. The van der Waals surface area contributed by atoms with Gasteiger partial charge in [-0.1, -0.05) is 158 Å². The van der Waals surface area contributed by atoms with Crippen molar-refractivity contribution in [2.45, 2.75) is 5.41 Å². The molecule has 1 heterocycles. The second-order valence-corrected chi connectivity index (χ2v) is 12.5. The van der Waals surface area contributed by atoms with Crippen LogP contribution < -0.4 is 4.74 Å². The van der Waals surface area contributed by atoms with Crippen molar-refractivity contribution in [1.29, 1.82) is 10.8 Å². The first-order valence-electron chi connectivity index (χ1n) is 16.8. The lowest BCUT2D eigenvalue weighted by Crippen LogP contribution is -2.34. The summed E-state index contributed by atoms with van der Waals surface area (Å²) in [5.74, 6) is 1.69. The van der Waals surface area contributed by atoms with Gasteiger partial charge in [-0.2, -0.15) is 0 Å². The van der Waals surface area contributed by atoms with Gasteiger partial charge in [-0.25, -0.2) is 0 Å². The molecule has 1 aliphatic heterocycles. The zero-order valence-corrected chi connectivity index (χ0v) is 27.4. The van der Waals surface area contributed by atoms with Gasteiger partial charge in [-0.05, 0) is 80.9 Å². The smallest absolute Gasteiger partial charge is 0.132 e. The number of hydrogen-bond acceptors (Lipinski definition) is 3.